The number of carboxylic acid groups (broad SMARTS) is 1. The lowest BCUT2D eigenvalue weighted by Gasteiger charge is -2.26. The largest absolute Gasteiger partial charge is 0.480 e. The van der Waals surface area contributed by atoms with Gasteiger partial charge in [-0.2, -0.15) is 0 Å². The molecule has 0 saturated heterocycles. The molecule has 136 valence electrons. The molecule has 1 amide bonds. The monoisotopic (exact) mass is 430 g/mol. The first-order chi connectivity index (χ1) is 11.0. The van der Waals surface area contributed by atoms with Gasteiger partial charge in [-0.3, -0.25) is 0 Å². The number of nitrogens with zero attached hydrogens (tertiary/aromatic N) is 1. The number of hydrogen-bond acceptors (Lipinski definition) is 6. The molecule has 0 bridgehead atoms. The first-order valence-corrected chi connectivity index (χ1v) is 8.40. The van der Waals surface area contributed by atoms with Crippen molar-refractivity contribution in [1.29, 1.82) is 0 Å². The third-order valence-corrected chi connectivity index (χ3v) is 4.00. The zero-order chi connectivity index (χ0) is 18.5. The lowest BCUT2D eigenvalue weighted by atomic mass is 10.1. The second kappa shape index (κ2) is 8.67. The highest BCUT2D eigenvalue weighted by molar-refractivity contribution is 9.10. The maximum Gasteiger partial charge on any atom is 0.408 e. The molecule has 0 unspecified atom stereocenters. The minimum atomic E-state index is -2.80. The van der Waals surface area contributed by atoms with Crippen LogP contribution in [0.3, 0.4) is 0 Å². The highest BCUT2D eigenvalue weighted by Gasteiger charge is 2.36. The van der Waals surface area contributed by atoms with Crippen LogP contribution in [-0.4, -0.2) is 46.8 Å². The Hall–Kier alpha value is -1.33. The highest BCUT2D eigenvalue weighted by Crippen LogP contribution is 2.28. The molecule has 2 N–H and O–H groups in total. The fraction of sp³-hybridized carbons (Fsp3) is 0.615. The molecule has 0 spiro atoms. The van der Waals surface area contributed by atoms with Gasteiger partial charge in [0.1, 0.15) is 27.9 Å². The second-order valence-electron chi connectivity index (χ2n) is 5.62. The summed E-state index contributed by atoms with van der Waals surface area (Å²) in [4.78, 5) is 27.3. The number of carbonyl (C=O) groups excluding carboxylic acids is 1. The first kappa shape index (κ1) is 20.7. The van der Waals surface area contributed by atoms with Gasteiger partial charge in [0.15, 0.2) is 6.04 Å². The molecule has 0 aliphatic rings. The fourth-order valence-electron chi connectivity index (χ4n) is 1.59. The van der Waals surface area contributed by atoms with Gasteiger partial charge in [-0.15, -0.1) is 11.3 Å². The summed E-state index contributed by atoms with van der Waals surface area (Å²) < 4.78 is 35.3. The van der Waals surface area contributed by atoms with Crippen molar-refractivity contribution < 1.29 is 33.0 Å². The molecule has 0 aliphatic carbocycles. The van der Waals surface area contributed by atoms with Gasteiger partial charge >= 0.3 is 12.1 Å². The number of amides is 1. The van der Waals surface area contributed by atoms with E-state index in [2.05, 4.69) is 26.2 Å². The van der Waals surface area contributed by atoms with E-state index >= 15 is 0 Å². The van der Waals surface area contributed by atoms with Gasteiger partial charge in [0, 0.05) is 5.38 Å². The van der Waals surface area contributed by atoms with E-state index in [0.717, 1.165) is 11.3 Å². The summed E-state index contributed by atoms with van der Waals surface area (Å²) in [5.41, 5.74) is -0.851. The van der Waals surface area contributed by atoms with Crippen LogP contribution in [0.15, 0.2) is 9.98 Å². The van der Waals surface area contributed by atoms with Crippen molar-refractivity contribution >= 4 is 39.3 Å². The predicted octanol–water partition coefficient (Wildman–Crippen LogP) is 3.21. The second-order valence-corrected chi connectivity index (χ2v) is 7.32. The van der Waals surface area contributed by atoms with E-state index in [4.69, 9.17) is 9.47 Å². The number of carboxylic acids is 1. The molecule has 1 aromatic rings. The molecular formula is C13H17BrF2N2O5S. The van der Waals surface area contributed by atoms with Gasteiger partial charge in [0.25, 0.3) is 6.43 Å². The number of thiazole rings is 1. The van der Waals surface area contributed by atoms with Crippen LogP contribution in [0.5, 0.6) is 0 Å². The standard InChI is InChI=1S/C13H17BrF2N2O5S/c1-13(2,3)23-12(21)18-8(11(19)20)9(22-4-7(15)16)10-17-6(14)5-24-10/h5,7-9H,4H2,1-3H3,(H,18,21)(H,19,20)/t8-,9-/m0/s1. The summed E-state index contributed by atoms with van der Waals surface area (Å²) in [6.45, 7) is 3.81. The molecule has 1 heterocycles. The lowest BCUT2D eigenvalue weighted by Crippen LogP contribution is -2.47. The number of ether oxygens (including phenoxy) is 2. The molecular weight excluding hydrogens is 414 g/mol. The SMILES string of the molecule is CC(C)(C)OC(=O)N[C@H](C(=O)O)[C@H](OCC(F)F)c1nc(Br)cs1. The zero-order valence-electron chi connectivity index (χ0n) is 13.1. The van der Waals surface area contributed by atoms with Crippen molar-refractivity contribution in [3.05, 3.63) is 15.0 Å². The zero-order valence-corrected chi connectivity index (χ0v) is 15.5. The number of rotatable bonds is 7. The Kier molecular flexibility index (Phi) is 7.49. The summed E-state index contributed by atoms with van der Waals surface area (Å²) in [5, 5.41) is 13.1. The van der Waals surface area contributed by atoms with Gasteiger partial charge in [-0.1, -0.05) is 0 Å². The molecule has 0 aliphatic heterocycles. The molecule has 0 saturated carbocycles. The number of aliphatic carboxylic acids is 1. The Morgan fingerprint density at radius 2 is 2.08 bits per heavy atom. The summed E-state index contributed by atoms with van der Waals surface area (Å²) in [7, 11) is 0. The van der Waals surface area contributed by atoms with Crippen molar-refractivity contribution in [3.8, 4) is 0 Å². The van der Waals surface area contributed by atoms with Crippen LogP contribution in [0.4, 0.5) is 13.6 Å². The molecule has 0 fully saturated rings. The molecule has 1 aromatic heterocycles. The number of hydrogen-bond donors (Lipinski definition) is 2. The molecule has 11 heteroatoms. The number of nitrogens with one attached hydrogen (secondary N) is 1. The number of alkyl carbamates (subject to hydrolysis) is 1. The summed E-state index contributed by atoms with van der Waals surface area (Å²) in [5.74, 6) is -1.47. The minimum Gasteiger partial charge on any atom is -0.480 e. The Morgan fingerprint density at radius 3 is 2.50 bits per heavy atom. The van der Waals surface area contributed by atoms with E-state index in [1.165, 1.54) is 0 Å². The quantitative estimate of drug-likeness (QED) is 0.688. The Morgan fingerprint density at radius 1 is 1.46 bits per heavy atom. The van der Waals surface area contributed by atoms with Crippen molar-refractivity contribution in [2.75, 3.05) is 6.61 Å². The van der Waals surface area contributed by atoms with Crippen molar-refractivity contribution in [2.24, 2.45) is 0 Å². The van der Waals surface area contributed by atoms with Crippen LogP contribution in [-0.2, 0) is 14.3 Å². The topological polar surface area (TPSA) is 97.8 Å². The highest BCUT2D eigenvalue weighted by atomic mass is 79.9. The van der Waals surface area contributed by atoms with E-state index in [1.54, 1.807) is 26.2 Å². The smallest absolute Gasteiger partial charge is 0.408 e. The first-order valence-electron chi connectivity index (χ1n) is 6.72. The van der Waals surface area contributed by atoms with Crippen LogP contribution in [0.2, 0.25) is 0 Å². The molecule has 2 atom stereocenters. The fourth-order valence-corrected chi connectivity index (χ4v) is 2.93. The van der Waals surface area contributed by atoms with Gasteiger partial charge in [0.05, 0.1) is 0 Å². The maximum atomic E-state index is 12.5. The van der Waals surface area contributed by atoms with Gasteiger partial charge in [-0.05, 0) is 36.7 Å². The van der Waals surface area contributed by atoms with Crippen LogP contribution >= 0.6 is 27.3 Å². The molecule has 0 radical (unpaired) electrons. The minimum absolute atomic E-state index is 0.131. The van der Waals surface area contributed by atoms with Gasteiger partial charge in [-0.25, -0.2) is 23.4 Å². The van der Waals surface area contributed by atoms with Gasteiger partial charge in [0.2, 0.25) is 0 Å². The van der Waals surface area contributed by atoms with E-state index in [-0.39, 0.29) is 5.01 Å². The van der Waals surface area contributed by atoms with E-state index in [1.807, 2.05) is 0 Å². The van der Waals surface area contributed by atoms with Gasteiger partial charge < -0.3 is 19.9 Å². The number of carbonyl (C=O) groups is 2. The number of aromatic nitrogens is 1. The third-order valence-electron chi connectivity index (χ3n) is 2.38. The molecule has 7 nitrogen and oxygen atoms in total. The summed E-state index contributed by atoms with van der Waals surface area (Å²) >= 11 is 4.11. The van der Waals surface area contributed by atoms with E-state index in [0.29, 0.717) is 4.60 Å². The Labute approximate surface area is 149 Å². The van der Waals surface area contributed by atoms with Crippen molar-refractivity contribution in [3.63, 3.8) is 0 Å². The molecule has 0 aromatic carbocycles. The summed E-state index contributed by atoms with van der Waals surface area (Å²) in [6.07, 6.45) is -5.19. The average Bonchev–Trinajstić information content (AvgIpc) is 2.81. The van der Waals surface area contributed by atoms with Crippen LogP contribution in [0, 0.1) is 0 Å². The normalized spacial score (nSPS) is 14.3. The predicted molar refractivity (Wildman–Crippen MR) is 85.3 cm³/mol. The third kappa shape index (κ3) is 7.05. The van der Waals surface area contributed by atoms with E-state index in [9.17, 15) is 23.5 Å². The average molecular weight is 431 g/mol. The van der Waals surface area contributed by atoms with E-state index < -0.39 is 42.8 Å². The summed E-state index contributed by atoms with van der Waals surface area (Å²) in [6, 6.07) is -1.64. The van der Waals surface area contributed by atoms with Crippen LogP contribution in [0.1, 0.15) is 31.9 Å². The lowest BCUT2D eigenvalue weighted by molar-refractivity contribution is -0.145. The van der Waals surface area contributed by atoms with Crippen LogP contribution < -0.4 is 5.32 Å². The van der Waals surface area contributed by atoms with Crippen molar-refractivity contribution in [1.82, 2.24) is 10.3 Å². The number of halogens is 3. The molecule has 24 heavy (non-hydrogen) atoms. The maximum absolute atomic E-state index is 12.5. The van der Waals surface area contributed by atoms with Crippen LogP contribution in [0.25, 0.3) is 0 Å². The Bertz CT molecular complexity index is 579. The number of alkyl halides is 2. The molecule has 1 rings (SSSR count). The Balaban J connectivity index is 2.99. The van der Waals surface area contributed by atoms with Crippen molar-refractivity contribution in [2.45, 2.75) is 44.9 Å².